The van der Waals surface area contributed by atoms with E-state index in [1.165, 1.54) is 24.8 Å². The number of halogens is 2. The summed E-state index contributed by atoms with van der Waals surface area (Å²) in [6.07, 6.45) is 6.87. The van der Waals surface area contributed by atoms with Crippen LogP contribution in [-0.2, 0) is 12.8 Å². The molecule has 0 aliphatic rings. The lowest BCUT2D eigenvalue weighted by molar-refractivity contribution is 0.717. The molecule has 0 fully saturated rings. The van der Waals surface area contributed by atoms with E-state index < -0.39 is 0 Å². The molecule has 0 radical (unpaired) electrons. The maximum Gasteiger partial charge on any atom is 0.0751 e. The molecule has 0 nitrogen and oxygen atoms in total. The summed E-state index contributed by atoms with van der Waals surface area (Å²) in [5.74, 6) is 12.8. The molecule has 0 atom stereocenters. The van der Waals surface area contributed by atoms with E-state index in [9.17, 15) is 0 Å². The second-order valence-electron chi connectivity index (χ2n) is 7.88. The predicted octanol–water partition coefficient (Wildman–Crippen LogP) is 8.48. The Hall–Kier alpha value is -2.64. The van der Waals surface area contributed by atoms with Crippen LogP contribution < -0.4 is 0 Å². The third-order valence-corrected chi connectivity index (χ3v) is 6.20. The first kappa shape index (κ1) is 24.0. The molecule has 0 spiro atoms. The third-order valence-electron chi connectivity index (χ3n) is 5.28. The lowest BCUT2D eigenvalue weighted by Crippen LogP contribution is -1.88. The molecule has 0 aromatic heterocycles. The van der Waals surface area contributed by atoms with E-state index in [2.05, 4.69) is 61.8 Å². The fourth-order valence-electron chi connectivity index (χ4n) is 3.40. The average Bonchev–Trinajstić information content (AvgIpc) is 2.82. The summed E-state index contributed by atoms with van der Waals surface area (Å²) in [6.45, 7) is 4.35. The maximum absolute atomic E-state index is 6.41. The lowest BCUT2D eigenvalue weighted by Gasteiger charge is -2.06. The Morgan fingerprint density at radius 3 is 1.69 bits per heavy atom. The fourth-order valence-corrected chi connectivity index (χ4v) is 3.89. The molecule has 0 bridgehead atoms. The summed E-state index contributed by atoms with van der Waals surface area (Å²) in [6, 6.07) is 20.5. The molecule has 0 saturated heterocycles. The van der Waals surface area contributed by atoms with Crippen LogP contribution in [0, 0.1) is 23.7 Å². The molecule has 162 valence electrons. The fraction of sp³-hybridized carbons (Fsp3) is 0.267. The van der Waals surface area contributed by atoms with Gasteiger partial charge in [-0.25, -0.2) is 0 Å². The average molecular weight is 459 g/mol. The van der Waals surface area contributed by atoms with Gasteiger partial charge in [-0.2, -0.15) is 0 Å². The zero-order valence-electron chi connectivity index (χ0n) is 18.8. The van der Waals surface area contributed by atoms with E-state index in [1.807, 2.05) is 36.4 Å². The van der Waals surface area contributed by atoms with Gasteiger partial charge in [0.2, 0.25) is 0 Å². The number of unbranched alkanes of at least 4 members (excludes halogenated alkanes) is 2. The van der Waals surface area contributed by atoms with Crippen molar-refractivity contribution in [1.82, 2.24) is 0 Å². The molecule has 0 aliphatic heterocycles. The Bertz CT molecular complexity index is 1150. The largest absolute Gasteiger partial charge is 0.0824 e. The van der Waals surface area contributed by atoms with E-state index in [0.29, 0.717) is 10.0 Å². The highest BCUT2D eigenvalue weighted by Gasteiger charge is 2.07. The number of hydrogen-bond acceptors (Lipinski definition) is 0. The second-order valence-corrected chi connectivity index (χ2v) is 8.64. The highest BCUT2D eigenvalue weighted by Crippen LogP contribution is 2.30. The topological polar surface area (TPSA) is 0 Å². The maximum atomic E-state index is 6.41. The van der Waals surface area contributed by atoms with Gasteiger partial charge >= 0.3 is 0 Å². The summed E-state index contributed by atoms with van der Waals surface area (Å²) in [4.78, 5) is 0. The summed E-state index contributed by atoms with van der Waals surface area (Å²) in [7, 11) is 0. The summed E-state index contributed by atoms with van der Waals surface area (Å²) < 4.78 is 0. The van der Waals surface area contributed by atoms with Gasteiger partial charge in [-0.1, -0.05) is 98.2 Å². The normalized spacial score (nSPS) is 10.1. The highest BCUT2D eigenvalue weighted by atomic mass is 35.5. The molecule has 0 aliphatic carbocycles. The van der Waals surface area contributed by atoms with Gasteiger partial charge in [0.25, 0.3) is 0 Å². The molecule has 0 heterocycles. The smallest absolute Gasteiger partial charge is 0.0751 e. The first-order chi connectivity index (χ1) is 15.6. The number of hydrogen-bond donors (Lipinski definition) is 0. The van der Waals surface area contributed by atoms with E-state index in [-0.39, 0.29) is 0 Å². The van der Waals surface area contributed by atoms with Crippen molar-refractivity contribution >= 4 is 23.2 Å². The molecular formula is C30H28Cl2. The first-order valence-corrected chi connectivity index (χ1v) is 12.1. The molecule has 3 aromatic rings. The van der Waals surface area contributed by atoms with Crippen molar-refractivity contribution in [3.63, 3.8) is 0 Å². The van der Waals surface area contributed by atoms with Crippen LogP contribution >= 0.6 is 23.2 Å². The van der Waals surface area contributed by atoms with Crippen LogP contribution in [0.2, 0.25) is 10.0 Å². The molecule has 32 heavy (non-hydrogen) atoms. The highest BCUT2D eigenvalue weighted by molar-refractivity contribution is 6.43. The van der Waals surface area contributed by atoms with Crippen molar-refractivity contribution < 1.29 is 0 Å². The standard InChI is InChI=1S/C30H28Cl2/c1-3-5-6-8-23-9-11-24(12-10-23)13-14-25-15-17-26(18-16-25)19-20-28-22-21-27(7-4-2)29(31)30(28)32/h9-12,15-18,21-22H,3-8H2,1-2H3. The summed E-state index contributed by atoms with van der Waals surface area (Å²) >= 11 is 12.8. The van der Waals surface area contributed by atoms with Gasteiger partial charge in [-0.3, -0.25) is 0 Å². The minimum absolute atomic E-state index is 0.531. The van der Waals surface area contributed by atoms with Crippen molar-refractivity contribution in [2.45, 2.75) is 52.4 Å². The van der Waals surface area contributed by atoms with Gasteiger partial charge in [0.1, 0.15) is 0 Å². The van der Waals surface area contributed by atoms with E-state index >= 15 is 0 Å². The van der Waals surface area contributed by atoms with Gasteiger partial charge < -0.3 is 0 Å². The molecule has 0 N–H and O–H groups in total. The van der Waals surface area contributed by atoms with Crippen LogP contribution in [0.15, 0.2) is 60.7 Å². The van der Waals surface area contributed by atoms with Crippen LogP contribution in [0.5, 0.6) is 0 Å². The van der Waals surface area contributed by atoms with Gasteiger partial charge in [0.15, 0.2) is 0 Å². The lowest BCUT2D eigenvalue weighted by atomic mass is 10.1. The summed E-state index contributed by atoms with van der Waals surface area (Å²) in [5, 5.41) is 1.14. The Labute approximate surface area is 203 Å². The van der Waals surface area contributed by atoms with Crippen molar-refractivity contribution in [1.29, 1.82) is 0 Å². The Kier molecular flexibility index (Phi) is 9.31. The first-order valence-electron chi connectivity index (χ1n) is 11.3. The zero-order valence-corrected chi connectivity index (χ0v) is 20.3. The molecule has 0 saturated carbocycles. The number of rotatable bonds is 6. The Morgan fingerprint density at radius 2 is 1.12 bits per heavy atom. The third kappa shape index (κ3) is 6.93. The van der Waals surface area contributed by atoms with Crippen LogP contribution in [-0.4, -0.2) is 0 Å². The van der Waals surface area contributed by atoms with Crippen LogP contribution in [0.1, 0.15) is 72.9 Å². The van der Waals surface area contributed by atoms with Crippen molar-refractivity contribution in [3.05, 3.63) is 104 Å². The Morgan fingerprint density at radius 1 is 0.562 bits per heavy atom. The van der Waals surface area contributed by atoms with Gasteiger partial charge in [0, 0.05) is 22.3 Å². The number of benzene rings is 3. The van der Waals surface area contributed by atoms with Gasteiger partial charge in [0.05, 0.1) is 10.0 Å². The molecule has 0 unspecified atom stereocenters. The monoisotopic (exact) mass is 458 g/mol. The molecule has 2 heteroatoms. The minimum atomic E-state index is 0.531. The molecular weight excluding hydrogens is 431 g/mol. The van der Waals surface area contributed by atoms with Crippen LogP contribution in [0.3, 0.4) is 0 Å². The van der Waals surface area contributed by atoms with Crippen LogP contribution in [0.25, 0.3) is 0 Å². The van der Waals surface area contributed by atoms with E-state index in [1.54, 1.807) is 0 Å². The van der Waals surface area contributed by atoms with Crippen LogP contribution in [0.4, 0.5) is 0 Å². The van der Waals surface area contributed by atoms with Crippen molar-refractivity contribution in [3.8, 4) is 23.7 Å². The second kappa shape index (κ2) is 12.4. The van der Waals surface area contributed by atoms with Gasteiger partial charge in [-0.05, 0) is 72.9 Å². The number of aryl methyl sites for hydroxylation is 2. The van der Waals surface area contributed by atoms with E-state index in [0.717, 1.165) is 47.1 Å². The SMILES string of the molecule is CCCCCc1ccc(C#Cc2ccc(C#Cc3ccc(CCC)c(Cl)c3Cl)cc2)cc1. The molecule has 3 rings (SSSR count). The minimum Gasteiger partial charge on any atom is -0.0824 e. The summed E-state index contributed by atoms with van der Waals surface area (Å²) in [5.41, 5.74) is 6.11. The zero-order chi connectivity index (χ0) is 22.8. The van der Waals surface area contributed by atoms with Gasteiger partial charge in [-0.15, -0.1) is 0 Å². The molecule has 3 aromatic carbocycles. The quantitative estimate of drug-likeness (QED) is 0.256. The van der Waals surface area contributed by atoms with Crippen molar-refractivity contribution in [2.75, 3.05) is 0 Å². The van der Waals surface area contributed by atoms with E-state index in [4.69, 9.17) is 23.2 Å². The van der Waals surface area contributed by atoms with Crippen molar-refractivity contribution in [2.24, 2.45) is 0 Å². The predicted molar refractivity (Wildman–Crippen MR) is 139 cm³/mol. The Balaban J connectivity index is 1.65. The molecule has 0 amide bonds.